The van der Waals surface area contributed by atoms with Crippen LogP contribution in [-0.2, 0) is 9.84 Å². The fourth-order valence-electron chi connectivity index (χ4n) is 2.99. The van der Waals surface area contributed by atoms with Crippen molar-refractivity contribution in [3.05, 3.63) is 84.4 Å². The fourth-order valence-corrected chi connectivity index (χ4v) is 3.66. The first-order valence-corrected chi connectivity index (χ1v) is 10.5. The van der Waals surface area contributed by atoms with Crippen molar-refractivity contribution < 1.29 is 13.2 Å². The van der Waals surface area contributed by atoms with Gasteiger partial charge in [-0.15, -0.1) is 0 Å². The Bertz CT molecular complexity index is 1280. The molecule has 0 saturated carbocycles. The highest BCUT2D eigenvalue weighted by atomic mass is 32.2. The van der Waals surface area contributed by atoms with Gasteiger partial charge in [-0.25, -0.2) is 13.4 Å². The molecule has 4 rings (SSSR count). The third kappa shape index (κ3) is 3.39. The van der Waals surface area contributed by atoms with Crippen LogP contribution in [0.25, 0.3) is 16.7 Å². The molecular weight excluding hydrogens is 374 g/mol. The summed E-state index contributed by atoms with van der Waals surface area (Å²) in [6.07, 6.45) is 1.11. The Balaban J connectivity index is 1.78. The van der Waals surface area contributed by atoms with Gasteiger partial charge in [0.1, 0.15) is 0 Å². The van der Waals surface area contributed by atoms with E-state index in [9.17, 15) is 13.2 Å². The van der Waals surface area contributed by atoms with E-state index in [1.807, 2.05) is 59.2 Å². The standard InChI is InChI=1S/C21H17N3O3S/c1-28(26,27)17-11-7-8-15(14-17)20(25)23-21-22-18-12-5-6-13-19(18)24(21)16-9-3-2-4-10-16/h2-14H,1H3,(H,22,23,25). The lowest BCUT2D eigenvalue weighted by Crippen LogP contribution is -2.16. The van der Waals surface area contributed by atoms with Crippen LogP contribution in [0.3, 0.4) is 0 Å². The number of sulfone groups is 1. The van der Waals surface area contributed by atoms with Gasteiger partial charge in [-0.2, -0.15) is 0 Å². The molecule has 28 heavy (non-hydrogen) atoms. The van der Waals surface area contributed by atoms with Gasteiger partial charge in [0, 0.05) is 17.5 Å². The number of nitrogens with zero attached hydrogens (tertiary/aromatic N) is 2. The molecule has 140 valence electrons. The Kier molecular flexibility index (Phi) is 4.44. The zero-order valence-corrected chi connectivity index (χ0v) is 15.8. The number of carbonyl (C=O) groups is 1. The molecule has 0 bridgehead atoms. The number of amides is 1. The average molecular weight is 391 g/mol. The van der Waals surface area contributed by atoms with Crippen molar-refractivity contribution in [2.75, 3.05) is 11.6 Å². The van der Waals surface area contributed by atoms with Crippen LogP contribution in [0.1, 0.15) is 10.4 Å². The number of carbonyl (C=O) groups excluding carboxylic acids is 1. The van der Waals surface area contributed by atoms with Gasteiger partial charge in [-0.3, -0.25) is 14.7 Å². The normalized spacial score (nSPS) is 11.5. The largest absolute Gasteiger partial charge is 0.292 e. The van der Waals surface area contributed by atoms with E-state index < -0.39 is 15.7 Å². The van der Waals surface area contributed by atoms with Gasteiger partial charge in [0.25, 0.3) is 5.91 Å². The predicted molar refractivity (Wildman–Crippen MR) is 109 cm³/mol. The molecule has 7 heteroatoms. The van der Waals surface area contributed by atoms with Crippen LogP contribution in [0.5, 0.6) is 0 Å². The molecular formula is C21H17N3O3S. The summed E-state index contributed by atoms with van der Waals surface area (Å²) in [5, 5.41) is 2.81. The molecule has 6 nitrogen and oxygen atoms in total. The van der Waals surface area contributed by atoms with E-state index in [0.717, 1.165) is 23.0 Å². The molecule has 1 amide bonds. The number of benzene rings is 3. The summed E-state index contributed by atoms with van der Waals surface area (Å²) in [6.45, 7) is 0. The van der Waals surface area contributed by atoms with Crippen molar-refractivity contribution in [3.8, 4) is 5.69 Å². The molecule has 0 aliphatic heterocycles. The summed E-state index contributed by atoms with van der Waals surface area (Å²) in [6, 6.07) is 23.1. The first kappa shape index (κ1) is 17.9. The van der Waals surface area contributed by atoms with Gasteiger partial charge >= 0.3 is 0 Å². The maximum atomic E-state index is 12.8. The number of imidazole rings is 1. The van der Waals surface area contributed by atoms with Crippen LogP contribution in [0.15, 0.2) is 83.8 Å². The second-order valence-corrected chi connectivity index (χ2v) is 8.36. The first-order valence-electron chi connectivity index (χ1n) is 8.58. The third-order valence-corrected chi connectivity index (χ3v) is 5.44. The van der Waals surface area contributed by atoms with Crippen LogP contribution < -0.4 is 5.32 Å². The third-order valence-electron chi connectivity index (χ3n) is 4.32. The van der Waals surface area contributed by atoms with Crippen LogP contribution in [-0.4, -0.2) is 30.1 Å². The molecule has 0 atom stereocenters. The maximum absolute atomic E-state index is 12.8. The molecule has 0 saturated heterocycles. The Morgan fingerprint density at radius 1 is 0.929 bits per heavy atom. The Hall–Kier alpha value is -3.45. The van der Waals surface area contributed by atoms with Crippen molar-refractivity contribution in [2.24, 2.45) is 0 Å². The fraction of sp³-hybridized carbons (Fsp3) is 0.0476. The van der Waals surface area contributed by atoms with Gasteiger partial charge in [-0.05, 0) is 42.5 Å². The van der Waals surface area contributed by atoms with E-state index in [1.165, 1.54) is 12.1 Å². The number of hydrogen-bond donors (Lipinski definition) is 1. The highest BCUT2D eigenvalue weighted by molar-refractivity contribution is 7.90. The van der Waals surface area contributed by atoms with E-state index in [4.69, 9.17) is 0 Å². The lowest BCUT2D eigenvalue weighted by Gasteiger charge is -2.10. The number of anilines is 1. The molecule has 1 heterocycles. The van der Waals surface area contributed by atoms with Crippen molar-refractivity contribution in [2.45, 2.75) is 4.90 Å². The monoisotopic (exact) mass is 391 g/mol. The van der Waals surface area contributed by atoms with Crippen LogP contribution >= 0.6 is 0 Å². The van der Waals surface area contributed by atoms with Crippen molar-refractivity contribution in [3.63, 3.8) is 0 Å². The quantitative estimate of drug-likeness (QED) is 0.575. The minimum absolute atomic E-state index is 0.0942. The van der Waals surface area contributed by atoms with Crippen LogP contribution in [0.4, 0.5) is 5.95 Å². The summed E-state index contributed by atoms with van der Waals surface area (Å²) >= 11 is 0. The smallest absolute Gasteiger partial charge is 0.258 e. The minimum Gasteiger partial charge on any atom is -0.292 e. The summed E-state index contributed by atoms with van der Waals surface area (Å²) < 4.78 is 25.4. The molecule has 1 N–H and O–H groups in total. The van der Waals surface area contributed by atoms with Gasteiger partial charge in [0.05, 0.1) is 15.9 Å². The summed E-state index contributed by atoms with van der Waals surface area (Å²) in [7, 11) is -3.40. The van der Waals surface area contributed by atoms with Crippen molar-refractivity contribution >= 4 is 32.7 Å². The van der Waals surface area contributed by atoms with Gasteiger partial charge < -0.3 is 0 Å². The first-order chi connectivity index (χ1) is 13.4. The van der Waals surface area contributed by atoms with E-state index in [2.05, 4.69) is 10.3 Å². The molecule has 3 aromatic carbocycles. The number of hydrogen-bond acceptors (Lipinski definition) is 4. The predicted octanol–water partition coefficient (Wildman–Crippen LogP) is 3.68. The zero-order chi connectivity index (χ0) is 19.7. The number of para-hydroxylation sites is 3. The SMILES string of the molecule is CS(=O)(=O)c1cccc(C(=O)Nc2nc3ccccc3n2-c2ccccc2)c1. The van der Waals surface area contributed by atoms with Gasteiger partial charge in [-0.1, -0.05) is 36.4 Å². The molecule has 0 aliphatic rings. The Morgan fingerprint density at radius 2 is 1.64 bits per heavy atom. The number of fused-ring (bicyclic) bond motifs is 1. The molecule has 0 spiro atoms. The number of aromatic nitrogens is 2. The summed E-state index contributed by atoms with van der Waals surface area (Å²) in [5.41, 5.74) is 2.70. The molecule has 0 radical (unpaired) electrons. The van der Waals surface area contributed by atoms with Gasteiger partial charge in [0.2, 0.25) is 5.95 Å². The van der Waals surface area contributed by atoms with Crippen molar-refractivity contribution in [1.82, 2.24) is 9.55 Å². The molecule has 1 aromatic heterocycles. The second-order valence-electron chi connectivity index (χ2n) is 6.35. The van der Waals surface area contributed by atoms with E-state index in [1.54, 1.807) is 12.1 Å². The number of nitrogens with one attached hydrogen (secondary N) is 1. The van der Waals surface area contributed by atoms with Crippen LogP contribution in [0, 0.1) is 0 Å². The molecule has 0 aliphatic carbocycles. The highest BCUT2D eigenvalue weighted by Crippen LogP contribution is 2.25. The van der Waals surface area contributed by atoms with Gasteiger partial charge in [0.15, 0.2) is 9.84 Å². The Morgan fingerprint density at radius 3 is 2.39 bits per heavy atom. The second kappa shape index (κ2) is 6.94. The number of rotatable bonds is 4. The minimum atomic E-state index is -3.40. The average Bonchev–Trinajstić information content (AvgIpc) is 3.06. The van der Waals surface area contributed by atoms with E-state index >= 15 is 0 Å². The lowest BCUT2D eigenvalue weighted by atomic mass is 10.2. The molecule has 0 unspecified atom stereocenters. The topological polar surface area (TPSA) is 81.1 Å². The highest BCUT2D eigenvalue weighted by Gasteiger charge is 2.17. The van der Waals surface area contributed by atoms with Crippen LogP contribution in [0.2, 0.25) is 0 Å². The summed E-state index contributed by atoms with van der Waals surface area (Å²) in [5.74, 6) is -0.0693. The summed E-state index contributed by atoms with van der Waals surface area (Å²) in [4.78, 5) is 17.4. The maximum Gasteiger partial charge on any atom is 0.258 e. The zero-order valence-electron chi connectivity index (χ0n) is 15.0. The molecule has 0 fully saturated rings. The van der Waals surface area contributed by atoms with E-state index in [-0.39, 0.29) is 10.5 Å². The lowest BCUT2D eigenvalue weighted by molar-refractivity contribution is 0.102. The Labute approximate surface area is 162 Å². The van der Waals surface area contributed by atoms with E-state index in [0.29, 0.717) is 5.95 Å². The molecule has 4 aromatic rings. The van der Waals surface area contributed by atoms with Crippen molar-refractivity contribution in [1.29, 1.82) is 0 Å².